The fourth-order valence-corrected chi connectivity index (χ4v) is 4.32. The second-order valence-corrected chi connectivity index (χ2v) is 8.23. The van der Waals surface area contributed by atoms with Gasteiger partial charge in [-0.05, 0) is 43.6 Å². The number of likely N-dealkylation sites (tertiary alicyclic amines) is 1. The summed E-state index contributed by atoms with van der Waals surface area (Å²) in [5.74, 6) is 8.57. The SMILES string of the molecule is Nn1c(SCC(=O)N2CCC(Cc3ccccc3)CC2)nnc1C1CC1. The molecule has 2 aliphatic rings. The molecule has 1 aliphatic carbocycles. The van der Waals surface area contributed by atoms with Crippen LogP contribution in [0.4, 0.5) is 0 Å². The van der Waals surface area contributed by atoms with E-state index >= 15 is 0 Å². The van der Waals surface area contributed by atoms with E-state index in [9.17, 15) is 4.79 Å². The molecule has 4 rings (SSSR count). The number of nitrogen functional groups attached to an aromatic ring is 1. The quantitative estimate of drug-likeness (QED) is 0.623. The van der Waals surface area contributed by atoms with Crippen LogP contribution in [0.2, 0.25) is 0 Å². The minimum atomic E-state index is 0.170. The smallest absolute Gasteiger partial charge is 0.233 e. The summed E-state index contributed by atoms with van der Waals surface area (Å²) in [5.41, 5.74) is 1.39. The molecule has 0 unspecified atom stereocenters. The standard InChI is InChI=1S/C19H25N5OS/c20-24-18(16-6-7-16)21-22-19(24)26-13-17(25)23-10-8-15(9-11-23)12-14-4-2-1-3-5-14/h1-5,15-16H,6-13,20H2. The van der Waals surface area contributed by atoms with Gasteiger partial charge in [0, 0.05) is 19.0 Å². The van der Waals surface area contributed by atoms with Crippen LogP contribution < -0.4 is 5.84 Å². The van der Waals surface area contributed by atoms with Crippen molar-refractivity contribution in [3.05, 3.63) is 41.7 Å². The highest BCUT2D eigenvalue weighted by atomic mass is 32.2. The van der Waals surface area contributed by atoms with E-state index < -0.39 is 0 Å². The van der Waals surface area contributed by atoms with E-state index in [0.29, 0.717) is 22.7 Å². The first-order valence-electron chi connectivity index (χ1n) is 9.35. The number of carbonyl (C=O) groups is 1. The Hall–Kier alpha value is -2.02. The topological polar surface area (TPSA) is 77.0 Å². The second-order valence-electron chi connectivity index (χ2n) is 7.29. The normalized spacial score (nSPS) is 18.2. The van der Waals surface area contributed by atoms with Crippen LogP contribution in [0.5, 0.6) is 0 Å². The molecule has 1 amide bonds. The molecule has 6 nitrogen and oxygen atoms in total. The van der Waals surface area contributed by atoms with Crippen LogP contribution >= 0.6 is 11.8 Å². The number of carbonyl (C=O) groups excluding carboxylic acids is 1. The van der Waals surface area contributed by atoms with Gasteiger partial charge < -0.3 is 10.7 Å². The minimum absolute atomic E-state index is 0.170. The van der Waals surface area contributed by atoms with Crippen LogP contribution in [0, 0.1) is 5.92 Å². The maximum Gasteiger partial charge on any atom is 0.233 e. The van der Waals surface area contributed by atoms with Gasteiger partial charge in [-0.25, -0.2) is 4.68 Å². The summed E-state index contributed by atoms with van der Waals surface area (Å²) in [6.07, 6.45) is 5.53. The lowest BCUT2D eigenvalue weighted by atomic mass is 9.90. The summed E-state index contributed by atoms with van der Waals surface area (Å²) in [5, 5.41) is 8.93. The summed E-state index contributed by atoms with van der Waals surface area (Å²) in [4.78, 5) is 14.5. The zero-order chi connectivity index (χ0) is 17.9. The predicted molar refractivity (Wildman–Crippen MR) is 102 cm³/mol. The fourth-order valence-electron chi connectivity index (χ4n) is 3.56. The lowest BCUT2D eigenvalue weighted by molar-refractivity contribution is -0.129. The molecule has 2 N–H and O–H groups in total. The molecule has 7 heteroatoms. The minimum Gasteiger partial charge on any atom is -0.342 e. The molecule has 1 aliphatic heterocycles. The Kier molecular flexibility index (Phi) is 5.15. The van der Waals surface area contributed by atoms with Crippen molar-refractivity contribution in [2.24, 2.45) is 5.92 Å². The molecule has 0 radical (unpaired) electrons. The van der Waals surface area contributed by atoms with Gasteiger partial charge in [-0.2, -0.15) is 0 Å². The van der Waals surface area contributed by atoms with Gasteiger partial charge in [0.1, 0.15) is 0 Å². The van der Waals surface area contributed by atoms with Crippen molar-refractivity contribution in [2.45, 2.75) is 43.2 Å². The summed E-state index contributed by atoms with van der Waals surface area (Å²) in [7, 11) is 0. The average Bonchev–Trinajstić information content (AvgIpc) is 3.44. The fraction of sp³-hybridized carbons (Fsp3) is 0.526. The van der Waals surface area contributed by atoms with Gasteiger partial charge in [0.15, 0.2) is 5.82 Å². The van der Waals surface area contributed by atoms with Crippen LogP contribution in [-0.2, 0) is 11.2 Å². The monoisotopic (exact) mass is 371 g/mol. The van der Waals surface area contributed by atoms with Gasteiger partial charge in [0.05, 0.1) is 5.75 Å². The van der Waals surface area contributed by atoms with E-state index in [-0.39, 0.29) is 5.91 Å². The maximum absolute atomic E-state index is 12.5. The van der Waals surface area contributed by atoms with Crippen molar-refractivity contribution in [3.8, 4) is 0 Å². The summed E-state index contributed by atoms with van der Waals surface area (Å²) < 4.78 is 1.56. The number of nitrogens with two attached hydrogens (primary N) is 1. The highest BCUT2D eigenvalue weighted by molar-refractivity contribution is 7.99. The first-order chi connectivity index (χ1) is 12.7. The van der Waals surface area contributed by atoms with Crippen molar-refractivity contribution in [3.63, 3.8) is 0 Å². The Morgan fingerprint density at radius 3 is 2.54 bits per heavy atom. The predicted octanol–water partition coefficient (Wildman–Crippen LogP) is 2.44. The van der Waals surface area contributed by atoms with Crippen LogP contribution in [0.3, 0.4) is 0 Å². The Bertz CT molecular complexity index is 751. The Balaban J connectivity index is 1.23. The number of benzene rings is 1. The van der Waals surface area contributed by atoms with Crippen LogP contribution in [0.15, 0.2) is 35.5 Å². The Morgan fingerprint density at radius 1 is 1.12 bits per heavy atom. The molecule has 1 aromatic heterocycles. The lowest BCUT2D eigenvalue weighted by Crippen LogP contribution is -2.39. The van der Waals surface area contributed by atoms with E-state index in [1.807, 2.05) is 4.90 Å². The van der Waals surface area contributed by atoms with Gasteiger partial charge in [0.25, 0.3) is 0 Å². The van der Waals surface area contributed by atoms with E-state index in [1.54, 1.807) is 4.68 Å². The highest BCUT2D eigenvalue weighted by Crippen LogP contribution is 2.39. The average molecular weight is 372 g/mol. The molecule has 2 fully saturated rings. The van der Waals surface area contributed by atoms with Crippen molar-refractivity contribution < 1.29 is 4.79 Å². The van der Waals surface area contributed by atoms with Gasteiger partial charge in [-0.1, -0.05) is 42.1 Å². The first kappa shape index (κ1) is 17.4. The molecule has 0 spiro atoms. The summed E-state index contributed by atoms with van der Waals surface area (Å²) in [6.45, 7) is 1.69. The van der Waals surface area contributed by atoms with Gasteiger partial charge in [-0.3, -0.25) is 4.79 Å². The number of nitrogens with zero attached hydrogens (tertiary/aromatic N) is 4. The Morgan fingerprint density at radius 2 is 1.85 bits per heavy atom. The third kappa shape index (κ3) is 4.03. The zero-order valence-corrected chi connectivity index (χ0v) is 15.7. The van der Waals surface area contributed by atoms with E-state index in [0.717, 1.165) is 51.0 Å². The molecule has 1 saturated carbocycles. The largest absolute Gasteiger partial charge is 0.342 e. The molecular formula is C19H25N5OS. The van der Waals surface area contributed by atoms with Crippen molar-refractivity contribution in [2.75, 3.05) is 24.7 Å². The van der Waals surface area contributed by atoms with Crippen LogP contribution in [0.25, 0.3) is 0 Å². The zero-order valence-electron chi connectivity index (χ0n) is 14.9. The first-order valence-corrected chi connectivity index (χ1v) is 10.3. The number of thioether (sulfide) groups is 1. The van der Waals surface area contributed by atoms with Crippen molar-refractivity contribution in [1.29, 1.82) is 0 Å². The number of aromatic nitrogens is 3. The molecule has 0 bridgehead atoms. The van der Waals surface area contributed by atoms with E-state index in [2.05, 4.69) is 40.5 Å². The number of hydrogen-bond acceptors (Lipinski definition) is 5. The highest BCUT2D eigenvalue weighted by Gasteiger charge is 2.30. The van der Waals surface area contributed by atoms with Gasteiger partial charge in [-0.15, -0.1) is 10.2 Å². The van der Waals surface area contributed by atoms with Gasteiger partial charge >= 0.3 is 0 Å². The Labute approximate surface area is 158 Å². The maximum atomic E-state index is 12.5. The van der Waals surface area contributed by atoms with Gasteiger partial charge in [0.2, 0.25) is 11.1 Å². The van der Waals surface area contributed by atoms with E-state index in [1.165, 1.54) is 17.3 Å². The summed E-state index contributed by atoms with van der Waals surface area (Å²) in [6, 6.07) is 10.6. The lowest BCUT2D eigenvalue weighted by Gasteiger charge is -2.32. The molecule has 2 aromatic rings. The molecular weight excluding hydrogens is 346 g/mol. The molecule has 2 heterocycles. The molecule has 1 saturated heterocycles. The summed E-state index contributed by atoms with van der Waals surface area (Å²) >= 11 is 1.39. The van der Waals surface area contributed by atoms with Crippen LogP contribution in [0.1, 0.15) is 43.0 Å². The third-order valence-electron chi connectivity index (χ3n) is 5.29. The molecule has 138 valence electrons. The van der Waals surface area contributed by atoms with Crippen LogP contribution in [-0.4, -0.2) is 44.5 Å². The molecule has 0 atom stereocenters. The second kappa shape index (κ2) is 7.70. The number of hydrogen-bond donors (Lipinski definition) is 1. The molecule has 1 aromatic carbocycles. The van der Waals surface area contributed by atoms with Crippen molar-refractivity contribution in [1.82, 2.24) is 19.8 Å². The van der Waals surface area contributed by atoms with E-state index in [4.69, 9.17) is 5.84 Å². The molecule has 26 heavy (non-hydrogen) atoms. The van der Waals surface area contributed by atoms with Crippen molar-refractivity contribution >= 4 is 17.7 Å². The number of amides is 1. The number of rotatable bonds is 6. The number of piperidine rings is 1. The third-order valence-corrected chi connectivity index (χ3v) is 6.22.